The molecule has 0 aliphatic carbocycles. The molecule has 1 saturated heterocycles. The molecule has 186 valence electrons. The minimum atomic E-state index is -0.629. The summed E-state index contributed by atoms with van der Waals surface area (Å²) in [4.78, 5) is 29.0. The van der Waals surface area contributed by atoms with E-state index < -0.39 is 11.3 Å². The van der Waals surface area contributed by atoms with Gasteiger partial charge in [0, 0.05) is 50.4 Å². The molecule has 0 bridgehead atoms. The Labute approximate surface area is 207 Å². The van der Waals surface area contributed by atoms with E-state index in [0.29, 0.717) is 44.4 Å². The molecule has 1 fully saturated rings. The van der Waals surface area contributed by atoms with Crippen molar-refractivity contribution >= 4 is 40.8 Å². The molecule has 1 amide bonds. The number of carbonyl (C=O) groups is 2. The Morgan fingerprint density at radius 2 is 1.85 bits per heavy atom. The number of rotatable bonds is 13. The maximum Gasteiger partial charge on any atom is 0.356 e. The van der Waals surface area contributed by atoms with E-state index >= 15 is 0 Å². The topological polar surface area (TPSA) is 74.7 Å². The molecule has 0 aromatic rings. The number of halogens is 2. The molecular weight excluding hydrogens is 467 g/mol. The molecule has 0 aromatic carbocycles. The average Bonchev–Trinajstić information content (AvgIpc) is 2.80. The van der Waals surface area contributed by atoms with Crippen molar-refractivity contribution in [2.75, 3.05) is 58.9 Å². The third-order valence-electron chi connectivity index (χ3n) is 4.93. The van der Waals surface area contributed by atoms with E-state index in [2.05, 4.69) is 16.6 Å². The Bertz CT molecular complexity index is 745. The molecule has 8 nitrogen and oxygen atoms in total. The van der Waals surface area contributed by atoms with Crippen LogP contribution in [0.15, 0.2) is 41.4 Å². The van der Waals surface area contributed by atoms with Crippen molar-refractivity contribution in [3.63, 3.8) is 0 Å². The summed E-state index contributed by atoms with van der Waals surface area (Å²) < 4.78 is 10.2. The molecule has 10 heteroatoms. The monoisotopic (exact) mass is 502 g/mol. The van der Waals surface area contributed by atoms with E-state index in [9.17, 15) is 9.59 Å². The van der Waals surface area contributed by atoms with Gasteiger partial charge in [0.25, 0.3) is 0 Å². The number of nitrogens with zero attached hydrogens (tertiary/aromatic N) is 4. The fourth-order valence-electron chi connectivity index (χ4n) is 3.06. The Morgan fingerprint density at radius 1 is 1.21 bits per heavy atom. The van der Waals surface area contributed by atoms with E-state index in [1.807, 2.05) is 25.2 Å². The van der Waals surface area contributed by atoms with Gasteiger partial charge in [0.2, 0.25) is 5.91 Å². The number of hydrogen-bond donors (Lipinski definition) is 0. The quantitative estimate of drug-likeness (QED) is 0.0960. The largest absolute Gasteiger partial charge is 0.497 e. The predicted molar refractivity (Wildman–Crippen MR) is 133 cm³/mol. The van der Waals surface area contributed by atoms with Crippen molar-refractivity contribution in [3.8, 4) is 0 Å². The number of esters is 1. The van der Waals surface area contributed by atoms with Gasteiger partial charge in [-0.1, -0.05) is 12.7 Å². The predicted octanol–water partition coefficient (Wildman–Crippen LogP) is 3.23. The van der Waals surface area contributed by atoms with Crippen LogP contribution in [0.25, 0.3) is 0 Å². The number of piperazine rings is 1. The second kappa shape index (κ2) is 15.6. The molecule has 1 heterocycles. The number of allylic oxidation sites excluding steroid dienone is 3. The van der Waals surface area contributed by atoms with E-state index in [0.717, 1.165) is 12.1 Å². The highest BCUT2D eigenvalue weighted by atomic mass is 35.5. The number of methoxy groups -OCH3 is 1. The van der Waals surface area contributed by atoms with Crippen LogP contribution < -0.4 is 0 Å². The second-order valence-corrected chi connectivity index (χ2v) is 8.32. The molecule has 0 aromatic heterocycles. The summed E-state index contributed by atoms with van der Waals surface area (Å²) >= 11 is 11.9. The SMILES string of the molecule is C=C(/C=C(\C=C/CCCl)N1CCN(C(=O)CN(CC)/N=C(/C(=O)OCC)C(C)Cl)CC1)OC. The summed E-state index contributed by atoms with van der Waals surface area (Å²) in [5, 5.41) is 5.22. The Hall–Kier alpha value is -2.19. The lowest BCUT2D eigenvalue weighted by Gasteiger charge is -2.37. The fourth-order valence-corrected chi connectivity index (χ4v) is 3.32. The number of carbonyl (C=O) groups excluding carboxylic acids is 2. The number of hydrogen-bond acceptors (Lipinski definition) is 7. The van der Waals surface area contributed by atoms with Crippen LogP contribution in [0.4, 0.5) is 0 Å². The van der Waals surface area contributed by atoms with Crippen LogP contribution in [0.5, 0.6) is 0 Å². The van der Waals surface area contributed by atoms with E-state index in [4.69, 9.17) is 32.7 Å². The van der Waals surface area contributed by atoms with Gasteiger partial charge in [-0.25, -0.2) is 4.79 Å². The summed E-state index contributed by atoms with van der Waals surface area (Å²) in [5.74, 6) is 0.476. The molecule has 1 unspecified atom stereocenters. The Morgan fingerprint density at radius 3 is 2.36 bits per heavy atom. The van der Waals surface area contributed by atoms with Crippen LogP contribution >= 0.6 is 23.2 Å². The second-order valence-electron chi connectivity index (χ2n) is 7.29. The van der Waals surface area contributed by atoms with Crippen LogP contribution in [0, 0.1) is 0 Å². The lowest BCUT2D eigenvalue weighted by Crippen LogP contribution is -2.50. The highest BCUT2D eigenvalue weighted by Crippen LogP contribution is 2.15. The number of hydrazone groups is 1. The van der Waals surface area contributed by atoms with Gasteiger partial charge < -0.3 is 19.3 Å². The summed E-state index contributed by atoms with van der Waals surface area (Å²) in [5.41, 5.74) is 1.06. The molecule has 0 saturated carbocycles. The van der Waals surface area contributed by atoms with Gasteiger partial charge >= 0.3 is 5.97 Å². The van der Waals surface area contributed by atoms with Gasteiger partial charge in [-0.2, -0.15) is 5.10 Å². The van der Waals surface area contributed by atoms with E-state index in [-0.39, 0.29) is 24.8 Å². The Kier molecular flexibility index (Phi) is 13.6. The zero-order chi connectivity index (χ0) is 24.8. The molecule has 0 spiro atoms. The van der Waals surface area contributed by atoms with Gasteiger partial charge in [0.15, 0.2) is 5.71 Å². The molecule has 0 radical (unpaired) electrons. The van der Waals surface area contributed by atoms with Crippen molar-refractivity contribution in [3.05, 3.63) is 36.3 Å². The van der Waals surface area contributed by atoms with Crippen molar-refractivity contribution in [1.82, 2.24) is 14.8 Å². The third kappa shape index (κ3) is 10.1. The van der Waals surface area contributed by atoms with Gasteiger partial charge in [-0.3, -0.25) is 9.80 Å². The first-order chi connectivity index (χ1) is 15.8. The third-order valence-corrected chi connectivity index (χ3v) is 5.35. The van der Waals surface area contributed by atoms with Gasteiger partial charge in [0.1, 0.15) is 12.3 Å². The first-order valence-electron chi connectivity index (χ1n) is 11.1. The lowest BCUT2D eigenvalue weighted by molar-refractivity contribution is -0.136. The minimum Gasteiger partial charge on any atom is -0.497 e. The number of amides is 1. The molecule has 1 rings (SSSR count). The molecule has 33 heavy (non-hydrogen) atoms. The minimum absolute atomic E-state index is 0.0574. The summed E-state index contributed by atoms with van der Waals surface area (Å²) in [6, 6.07) is 0. The smallest absolute Gasteiger partial charge is 0.356 e. The summed E-state index contributed by atoms with van der Waals surface area (Å²) in [6.45, 7) is 12.3. The van der Waals surface area contributed by atoms with Gasteiger partial charge in [-0.05, 0) is 33.3 Å². The highest BCUT2D eigenvalue weighted by Gasteiger charge is 2.25. The first-order valence-corrected chi connectivity index (χ1v) is 12.1. The van der Waals surface area contributed by atoms with E-state index in [1.54, 1.807) is 30.9 Å². The van der Waals surface area contributed by atoms with E-state index in [1.165, 1.54) is 0 Å². The number of ether oxygens (including phenoxy) is 2. The average molecular weight is 503 g/mol. The highest BCUT2D eigenvalue weighted by molar-refractivity contribution is 6.49. The zero-order valence-electron chi connectivity index (χ0n) is 20.1. The van der Waals surface area contributed by atoms with Crippen molar-refractivity contribution in [2.24, 2.45) is 5.10 Å². The summed E-state index contributed by atoms with van der Waals surface area (Å²) in [7, 11) is 1.58. The number of alkyl halides is 2. The van der Waals surface area contributed by atoms with Crippen LogP contribution in [-0.2, 0) is 19.1 Å². The molecule has 1 aliphatic rings. The van der Waals surface area contributed by atoms with Crippen molar-refractivity contribution in [2.45, 2.75) is 32.6 Å². The maximum atomic E-state index is 12.9. The van der Waals surface area contributed by atoms with Crippen LogP contribution in [0.3, 0.4) is 0 Å². The molecule has 1 aliphatic heterocycles. The van der Waals surface area contributed by atoms with Gasteiger partial charge in [0.05, 0.1) is 19.1 Å². The summed E-state index contributed by atoms with van der Waals surface area (Å²) in [6.07, 6.45) is 6.65. The van der Waals surface area contributed by atoms with Crippen molar-refractivity contribution < 1.29 is 19.1 Å². The van der Waals surface area contributed by atoms with Crippen LogP contribution in [-0.4, -0.2) is 96.6 Å². The Balaban J connectivity index is 2.80. The van der Waals surface area contributed by atoms with Gasteiger partial charge in [-0.15, -0.1) is 23.2 Å². The maximum absolute atomic E-state index is 12.9. The molecular formula is C23H36Cl2N4O4. The van der Waals surface area contributed by atoms with Crippen LogP contribution in [0.1, 0.15) is 27.2 Å². The normalized spacial score (nSPS) is 16.1. The molecule has 1 atom stereocenters. The molecule has 0 N–H and O–H groups in total. The first kappa shape index (κ1) is 28.8. The lowest BCUT2D eigenvalue weighted by atomic mass is 10.2. The zero-order valence-corrected chi connectivity index (χ0v) is 21.6. The fraction of sp³-hybridized carbons (Fsp3) is 0.609. The standard InChI is InChI=1S/C23H36Cl2N4O4/c1-6-29(26-22(19(4)25)23(31)33-7-2)17-21(30)28-14-12-27(13-15-28)20(10-8-9-11-24)16-18(3)32-5/h8,10,16,19H,3,6-7,9,11-15,17H2,1-2,4-5H3/b10-8-,20-16+,26-22+. The van der Waals surface area contributed by atoms with Crippen LogP contribution in [0.2, 0.25) is 0 Å². The number of likely N-dealkylation sites (N-methyl/N-ethyl adjacent to an activating group) is 1. The van der Waals surface area contributed by atoms with Crippen molar-refractivity contribution in [1.29, 1.82) is 0 Å².